The number of hydrogen-bond donors (Lipinski definition) is 2. The van der Waals surface area contributed by atoms with Crippen molar-refractivity contribution in [3.05, 3.63) is 98.9 Å². The summed E-state index contributed by atoms with van der Waals surface area (Å²) >= 11 is 6.18. The number of nitrogens with one attached hydrogen (secondary N) is 2. The maximum Gasteiger partial charge on any atom is 0.262 e. The molecule has 5 amide bonds. The van der Waals surface area contributed by atoms with Crippen LogP contribution in [0.3, 0.4) is 0 Å². The van der Waals surface area contributed by atoms with Gasteiger partial charge in [-0.05, 0) is 104 Å². The topological polar surface area (TPSA) is 133 Å². The van der Waals surface area contributed by atoms with Crippen molar-refractivity contribution in [2.24, 2.45) is 5.92 Å². The number of fused-ring (bicyclic) bond motifs is 2. The maximum absolute atomic E-state index is 13.3. The number of imide groups is 2. The molecule has 4 heterocycles. The lowest BCUT2D eigenvalue weighted by Gasteiger charge is -2.35. The Labute approximate surface area is 318 Å². The van der Waals surface area contributed by atoms with E-state index in [1.165, 1.54) is 0 Å². The van der Waals surface area contributed by atoms with Crippen LogP contribution in [0, 0.1) is 12.5 Å². The van der Waals surface area contributed by atoms with E-state index in [2.05, 4.69) is 25.3 Å². The first-order valence-corrected chi connectivity index (χ1v) is 19.1. The minimum absolute atomic E-state index is 0.0116. The van der Waals surface area contributed by atoms with E-state index in [-0.39, 0.29) is 36.8 Å². The van der Waals surface area contributed by atoms with Gasteiger partial charge in [0, 0.05) is 62.9 Å². The minimum atomic E-state index is -0.962. The molecular weight excluding hydrogens is 708 g/mol. The molecule has 0 radical (unpaired) electrons. The Balaban J connectivity index is 0.799. The zero-order chi connectivity index (χ0) is 37.5. The van der Waals surface area contributed by atoms with Gasteiger partial charge in [-0.25, -0.2) is 4.85 Å². The highest BCUT2D eigenvalue weighted by atomic mass is 35.5. The molecule has 1 aliphatic carbocycles. The largest absolute Gasteiger partial charge is 0.490 e. The van der Waals surface area contributed by atoms with E-state index in [0.29, 0.717) is 58.6 Å². The molecule has 3 aromatic carbocycles. The number of rotatable bonds is 8. The number of carbonyl (C=O) groups excluding carboxylic acids is 5. The summed E-state index contributed by atoms with van der Waals surface area (Å²) in [6, 6.07) is 15.6. The van der Waals surface area contributed by atoms with Crippen LogP contribution in [0.15, 0.2) is 54.6 Å². The maximum atomic E-state index is 13.3. The Bertz CT molecular complexity index is 2030. The summed E-state index contributed by atoms with van der Waals surface area (Å²) in [5, 5.41) is 5.82. The highest BCUT2D eigenvalue weighted by molar-refractivity contribution is 6.33. The summed E-state index contributed by atoms with van der Waals surface area (Å²) in [6.07, 6.45) is 5.70. The van der Waals surface area contributed by atoms with Crippen molar-refractivity contribution in [2.75, 3.05) is 24.5 Å². The van der Waals surface area contributed by atoms with Gasteiger partial charge in [0.1, 0.15) is 17.9 Å². The SMILES string of the molecule is [C-]#[N+]c1ccc(O[C@@H]2CCC[C@@H](NC(=O)c3ccc(N4CCC(CN5Cc6cc7c(cc6C5)C(=O)N(C5CCC(=O)NC5=O)C7=O)CC4)cc3)C2)cc1Cl. The molecule has 12 nitrogen and oxygen atoms in total. The Morgan fingerprint density at radius 2 is 1.61 bits per heavy atom. The highest BCUT2D eigenvalue weighted by Gasteiger charge is 2.45. The second kappa shape index (κ2) is 14.9. The number of nitrogens with zero attached hydrogens (tertiary/aromatic N) is 4. The lowest BCUT2D eigenvalue weighted by molar-refractivity contribution is -0.136. The summed E-state index contributed by atoms with van der Waals surface area (Å²) in [5.74, 6) is -0.873. The van der Waals surface area contributed by atoms with Crippen LogP contribution in [0.5, 0.6) is 5.75 Å². The molecular formula is C41H41ClN6O6. The molecule has 3 aromatic rings. The third-order valence-corrected chi connectivity index (χ3v) is 11.8. The van der Waals surface area contributed by atoms with Crippen molar-refractivity contribution >= 4 is 52.5 Å². The van der Waals surface area contributed by atoms with E-state index in [1.54, 1.807) is 18.2 Å². The highest BCUT2D eigenvalue weighted by Crippen LogP contribution is 2.35. The van der Waals surface area contributed by atoms with E-state index < -0.39 is 23.8 Å². The van der Waals surface area contributed by atoms with E-state index in [1.807, 2.05) is 36.4 Å². The van der Waals surface area contributed by atoms with Gasteiger partial charge in [-0.15, -0.1) is 0 Å². The molecule has 4 aliphatic heterocycles. The second-order valence-electron chi connectivity index (χ2n) is 15.1. The van der Waals surface area contributed by atoms with E-state index >= 15 is 0 Å². The average Bonchev–Trinajstić information content (AvgIpc) is 3.67. The fourth-order valence-corrected chi connectivity index (χ4v) is 8.84. The third-order valence-electron chi connectivity index (χ3n) is 11.5. The molecule has 278 valence electrons. The molecule has 2 N–H and O–H groups in total. The number of carbonyl (C=O) groups is 5. The monoisotopic (exact) mass is 748 g/mol. The van der Waals surface area contributed by atoms with E-state index in [0.717, 1.165) is 73.5 Å². The molecule has 5 aliphatic rings. The molecule has 8 rings (SSSR count). The predicted octanol–water partition coefficient (Wildman–Crippen LogP) is 5.64. The number of hydrogen-bond acceptors (Lipinski definition) is 8. The third kappa shape index (κ3) is 7.18. The van der Waals surface area contributed by atoms with Crippen LogP contribution in [-0.2, 0) is 22.7 Å². The first-order valence-electron chi connectivity index (χ1n) is 18.7. The first-order chi connectivity index (χ1) is 26.1. The van der Waals surface area contributed by atoms with Gasteiger partial charge < -0.3 is 15.0 Å². The summed E-state index contributed by atoms with van der Waals surface area (Å²) in [7, 11) is 0. The summed E-state index contributed by atoms with van der Waals surface area (Å²) in [5.41, 5.74) is 4.87. The van der Waals surface area contributed by atoms with Crippen molar-refractivity contribution in [2.45, 2.75) is 82.6 Å². The van der Waals surface area contributed by atoms with Gasteiger partial charge >= 0.3 is 0 Å². The van der Waals surface area contributed by atoms with Crippen molar-refractivity contribution in [1.29, 1.82) is 0 Å². The van der Waals surface area contributed by atoms with Crippen LogP contribution >= 0.6 is 11.6 Å². The lowest BCUT2D eigenvalue weighted by Crippen LogP contribution is -2.54. The van der Waals surface area contributed by atoms with Crippen LogP contribution < -0.4 is 20.3 Å². The Hall–Kier alpha value is -5.25. The number of halogens is 1. The van der Waals surface area contributed by atoms with Crippen molar-refractivity contribution in [1.82, 2.24) is 20.4 Å². The minimum Gasteiger partial charge on any atom is -0.490 e. The number of amides is 5. The Morgan fingerprint density at radius 1 is 0.907 bits per heavy atom. The summed E-state index contributed by atoms with van der Waals surface area (Å²) in [6.45, 7) is 11.3. The van der Waals surface area contributed by atoms with Crippen LogP contribution in [0.2, 0.25) is 5.02 Å². The Kier molecular flexibility index (Phi) is 9.85. The number of benzene rings is 3. The summed E-state index contributed by atoms with van der Waals surface area (Å²) < 4.78 is 6.15. The molecule has 0 bridgehead atoms. The fraction of sp³-hybridized carbons (Fsp3) is 0.415. The number of anilines is 1. The van der Waals surface area contributed by atoms with Crippen LogP contribution in [0.1, 0.15) is 93.6 Å². The van der Waals surface area contributed by atoms with Crippen LogP contribution in [-0.4, -0.2) is 77.2 Å². The van der Waals surface area contributed by atoms with Gasteiger partial charge in [0.05, 0.1) is 22.7 Å². The van der Waals surface area contributed by atoms with Crippen molar-refractivity contribution < 1.29 is 28.7 Å². The smallest absolute Gasteiger partial charge is 0.262 e. The van der Waals surface area contributed by atoms with Crippen LogP contribution in [0.25, 0.3) is 4.85 Å². The molecule has 54 heavy (non-hydrogen) atoms. The normalized spacial score (nSPS) is 23.1. The average molecular weight is 749 g/mol. The molecule has 1 unspecified atom stereocenters. The standard InChI is InChI=1S/C41H41ClN6O6/c1-43-35-10-9-31(20-34(35)42)54-30-4-2-3-28(19-30)44-38(50)25-5-7-29(8-6-25)47-15-13-24(14-16-47)21-46-22-26-17-32-33(18-27(26)23-46)41(53)48(40(32)52)36-11-12-37(49)45-39(36)51/h5-10,17-18,20,24,28,30,36H,2-4,11-16,19,21-23H2,(H,44,50)(H,45,49,51)/t28-,30-,36?/m1/s1. The quantitative estimate of drug-likeness (QED) is 0.224. The summed E-state index contributed by atoms with van der Waals surface area (Å²) in [4.78, 5) is 72.9. The first kappa shape index (κ1) is 35.8. The van der Waals surface area contributed by atoms with Gasteiger partial charge in [-0.3, -0.25) is 39.1 Å². The van der Waals surface area contributed by atoms with Crippen molar-refractivity contribution in [3.8, 4) is 5.75 Å². The zero-order valence-electron chi connectivity index (χ0n) is 29.8. The molecule has 1 saturated carbocycles. The van der Waals surface area contributed by atoms with Gasteiger partial charge in [0.25, 0.3) is 17.7 Å². The Morgan fingerprint density at radius 3 is 2.26 bits per heavy atom. The molecule has 13 heteroatoms. The fourth-order valence-electron chi connectivity index (χ4n) is 8.63. The van der Waals surface area contributed by atoms with Gasteiger partial charge in [0.15, 0.2) is 0 Å². The molecule has 2 saturated heterocycles. The molecule has 0 aromatic heterocycles. The van der Waals surface area contributed by atoms with Crippen LogP contribution in [0.4, 0.5) is 11.4 Å². The zero-order valence-corrected chi connectivity index (χ0v) is 30.6. The molecule has 3 atom stereocenters. The van der Waals surface area contributed by atoms with Crippen molar-refractivity contribution in [3.63, 3.8) is 0 Å². The van der Waals surface area contributed by atoms with E-state index in [4.69, 9.17) is 22.9 Å². The lowest BCUT2D eigenvalue weighted by atomic mass is 9.92. The van der Waals surface area contributed by atoms with E-state index in [9.17, 15) is 24.0 Å². The van der Waals surface area contributed by atoms with Gasteiger partial charge in [-0.1, -0.05) is 17.7 Å². The second-order valence-corrected chi connectivity index (χ2v) is 15.5. The van der Waals surface area contributed by atoms with Gasteiger partial charge in [0.2, 0.25) is 17.5 Å². The van der Waals surface area contributed by atoms with Gasteiger partial charge in [-0.2, -0.15) is 0 Å². The molecule has 0 spiro atoms. The number of piperidine rings is 2. The molecule has 3 fully saturated rings. The predicted molar refractivity (Wildman–Crippen MR) is 200 cm³/mol. The number of ether oxygens (including phenoxy) is 1.